The number of hydrogen-bond donors (Lipinski definition) is 1. The van der Waals surface area contributed by atoms with E-state index in [4.69, 9.17) is 14.6 Å². The zero-order valence-electron chi connectivity index (χ0n) is 19.5. The van der Waals surface area contributed by atoms with Gasteiger partial charge < -0.3 is 19.7 Å². The Kier molecular flexibility index (Phi) is 11.7. The number of carbonyl (C=O) groups is 1. The number of rotatable bonds is 16. The van der Waals surface area contributed by atoms with Crippen molar-refractivity contribution in [3.05, 3.63) is 0 Å². The summed E-state index contributed by atoms with van der Waals surface area (Å²) in [6, 6.07) is 0. The first kappa shape index (κ1) is 25.6. The fraction of sp³-hybridized carbons (Fsp3) is 0.960. The molecular weight excluding hydrogens is 380 g/mol. The second-order valence-electron chi connectivity index (χ2n) is 9.79. The molecule has 4 atom stereocenters. The molecule has 5 nitrogen and oxygen atoms in total. The Balaban J connectivity index is 1.77. The molecule has 2 rings (SSSR count). The monoisotopic (exact) mass is 427 g/mol. The van der Waals surface area contributed by atoms with Gasteiger partial charge in [-0.2, -0.15) is 0 Å². The summed E-state index contributed by atoms with van der Waals surface area (Å²) in [5.74, 6) is 0.632. The van der Waals surface area contributed by atoms with Crippen LogP contribution in [-0.4, -0.2) is 41.3 Å². The van der Waals surface area contributed by atoms with Gasteiger partial charge in [-0.05, 0) is 49.9 Å². The third-order valence-electron chi connectivity index (χ3n) is 7.41. The van der Waals surface area contributed by atoms with Crippen molar-refractivity contribution in [2.45, 2.75) is 122 Å². The quantitative estimate of drug-likeness (QED) is 0.275. The number of aliphatic hydroxyl groups excluding tert-OH is 1. The summed E-state index contributed by atoms with van der Waals surface area (Å²) in [5.41, 5.74) is 0. The molecule has 1 saturated heterocycles. The molecule has 1 heterocycles. The molecule has 4 unspecified atom stereocenters. The molecule has 2 fully saturated rings. The lowest BCUT2D eigenvalue weighted by molar-refractivity contribution is -0.171. The minimum absolute atomic E-state index is 0.185. The minimum Gasteiger partial charge on any atom is -0.565 e. The van der Waals surface area contributed by atoms with E-state index in [1.54, 1.807) is 0 Å². The number of hydrogen-bond acceptors (Lipinski definition) is 4. The van der Waals surface area contributed by atoms with E-state index in [1.165, 1.54) is 32.1 Å². The maximum absolute atomic E-state index is 10.7. The molecule has 0 aromatic heterocycles. The van der Waals surface area contributed by atoms with Gasteiger partial charge in [0, 0.05) is 17.6 Å². The van der Waals surface area contributed by atoms with Gasteiger partial charge in [-0.3, -0.25) is 0 Å². The molecule has 1 saturated carbocycles. The van der Waals surface area contributed by atoms with E-state index in [9.17, 15) is 9.90 Å². The first-order chi connectivity index (χ1) is 14.5. The van der Waals surface area contributed by atoms with Crippen LogP contribution in [0.1, 0.15) is 110 Å². The molecule has 0 aromatic carbocycles. The highest BCUT2D eigenvalue weighted by Gasteiger charge is 2.42. The molecule has 0 aromatic rings. The van der Waals surface area contributed by atoms with Crippen LogP contribution in [0.2, 0.25) is 0 Å². The third kappa shape index (κ3) is 8.47. The van der Waals surface area contributed by atoms with Crippen molar-refractivity contribution in [2.24, 2.45) is 17.8 Å². The molecule has 3 N–H and O–H groups in total. The second-order valence-corrected chi connectivity index (χ2v) is 9.79. The van der Waals surface area contributed by atoms with Crippen LogP contribution in [0.15, 0.2) is 0 Å². The average Bonchev–Trinajstić information content (AvgIpc) is 3.27. The molecule has 1 aliphatic heterocycles. The van der Waals surface area contributed by atoms with E-state index >= 15 is 0 Å². The topological polar surface area (TPSA) is 78.7 Å². The van der Waals surface area contributed by atoms with E-state index in [-0.39, 0.29) is 11.9 Å². The van der Waals surface area contributed by atoms with Crippen LogP contribution in [0.3, 0.4) is 0 Å². The van der Waals surface area contributed by atoms with Crippen LogP contribution in [0.5, 0.6) is 0 Å². The normalized spacial score (nSPS) is 28.2. The zero-order valence-corrected chi connectivity index (χ0v) is 19.5. The summed E-state index contributed by atoms with van der Waals surface area (Å²) in [6.07, 6.45) is 15.5. The van der Waals surface area contributed by atoms with E-state index < -0.39 is 5.97 Å². The maximum atomic E-state index is 10.7. The zero-order chi connectivity index (χ0) is 21.8. The van der Waals surface area contributed by atoms with Crippen molar-refractivity contribution >= 4 is 5.97 Å². The predicted octanol–water partition coefficient (Wildman–Crippen LogP) is 5.10. The molecule has 2 aliphatic rings. The van der Waals surface area contributed by atoms with E-state index in [2.05, 4.69) is 13.8 Å². The highest BCUT2D eigenvalue weighted by Crippen LogP contribution is 2.44. The van der Waals surface area contributed by atoms with Crippen LogP contribution >= 0.6 is 0 Å². The van der Waals surface area contributed by atoms with Crippen molar-refractivity contribution in [1.82, 2.24) is 0 Å². The molecule has 30 heavy (non-hydrogen) atoms. The largest absolute Gasteiger partial charge is 0.565 e. The Bertz CT molecular complexity index is 474. The molecular formula is C25H47O5+. The lowest BCUT2D eigenvalue weighted by Crippen LogP contribution is -2.32. The van der Waals surface area contributed by atoms with Gasteiger partial charge in [-0.25, -0.2) is 0 Å². The Hall–Kier alpha value is -0.650. The summed E-state index contributed by atoms with van der Waals surface area (Å²) in [4.78, 5) is 10.7. The first-order valence-corrected chi connectivity index (χ1v) is 12.7. The van der Waals surface area contributed by atoms with Gasteiger partial charge in [0.25, 0.3) is 0 Å². The van der Waals surface area contributed by atoms with Crippen LogP contribution < -0.4 is 0 Å². The molecule has 0 bridgehead atoms. The molecule has 176 valence electrons. The van der Waals surface area contributed by atoms with Crippen LogP contribution in [0, 0.1) is 17.8 Å². The minimum atomic E-state index is -0.453. The number of carbonyl (C=O) groups excluding carboxylic acids is 1. The van der Waals surface area contributed by atoms with Gasteiger partial charge in [0.1, 0.15) is 6.42 Å². The van der Waals surface area contributed by atoms with Crippen molar-refractivity contribution in [2.75, 3.05) is 13.2 Å². The Morgan fingerprint density at radius 3 is 2.30 bits per heavy atom. The Morgan fingerprint density at radius 2 is 1.60 bits per heavy atom. The lowest BCUT2D eigenvalue weighted by atomic mass is 9.81. The molecule has 0 spiro atoms. The van der Waals surface area contributed by atoms with Gasteiger partial charge in [0.2, 0.25) is 0 Å². The van der Waals surface area contributed by atoms with Gasteiger partial charge in [-0.1, -0.05) is 58.8 Å². The van der Waals surface area contributed by atoms with Crippen LogP contribution in [0.25, 0.3) is 0 Å². The molecule has 0 radical (unpaired) electrons. The smallest absolute Gasteiger partial charge is 0.515 e. The second kappa shape index (κ2) is 13.7. The van der Waals surface area contributed by atoms with Gasteiger partial charge in [0.05, 0.1) is 19.3 Å². The fourth-order valence-corrected chi connectivity index (χ4v) is 5.66. The summed E-state index contributed by atoms with van der Waals surface area (Å²) in [5, 5.41) is 17.6. The summed E-state index contributed by atoms with van der Waals surface area (Å²) in [7, 11) is 0. The van der Waals surface area contributed by atoms with Gasteiger partial charge >= 0.3 is 5.97 Å². The summed E-state index contributed by atoms with van der Waals surface area (Å²) in [6.45, 7) is 5.96. The molecule has 1 aliphatic carbocycles. The Labute approximate surface area is 183 Å². The van der Waals surface area contributed by atoms with E-state index in [0.717, 1.165) is 57.8 Å². The van der Waals surface area contributed by atoms with Gasteiger partial charge in [-0.15, -0.1) is 0 Å². The van der Waals surface area contributed by atoms with E-state index in [1.807, 2.05) is 0 Å². The number of unbranched alkanes of at least 4 members (excludes halogenated alkanes) is 7. The fourth-order valence-electron chi connectivity index (χ4n) is 5.66. The number of aliphatic hydroxyl groups is 1. The van der Waals surface area contributed by atoms with Crippen molar-refractivity contribution in [1.29, 1.82) is 0 Å². The van der Waals surface area contributed by atoms with Gasteiger partial charge in [0.15, 0.2) is 5.79 Å². The van der Waals surface area contributed by atoms with E-state index in [0.29, 0.717) is 37.4 Å². The highest BCUT2D eigenvalue weighted by molar-refractivity contribution is 5.66. The number of ether oxygens (including phenoxy) is 2. The first-order valence-electron chi connectivity index (χ1n) is 12.7. The standard InChI is InChI=1S/C25H46O5/c1-3-4-5-8-11-15-25(29-17-18-30-25)16-14-21-20(2)19-23(26)22(21)12-9-6-7-10-13-24(27)28/h20-23,26H,3-19H2,1-2H3,(H,27,28)/p+1. The SMILES string of the molecule is CCCCCCCC1(CCC2C(C)CC(O)C2CCCCCCC(=O)[OH2+])OCCO1. The predicted molar refractivity (Wildman–Crippen MR) is 120 cm³/mol. The Morgan fingerprint density at radius 1 is 0.933 bits per heavy atom. The summed E-state index contributed by atoms with van der Waals surface area (Å²) < 4.78 is 12.2. The average molecular weight is 428 g/mol. The lowest BCUT2D eigenvalue weighted by Gasteiger charge is -2.31. The highest BCUT2D eigenvalue weighted by atomic mass is 16.7. The van der Waals surface area contributed by atoms with Crippen LogP contribution in [0.4, 0.5) is 0 Å². The molecule has 0 amide bonds. The van der Waals surface area contributed by atoms with Crippen LogP contribution in [-0.2, 0) is 14.3 Å². The molecule has 5 heteroatoms. The maximum Gasteiger partial charge on any atom is 0.515 e. The third-order valence-corrected chi connectivity index (χ3v) is 7.41. The van der Waals surface area contributed by atoms with Crippen molar-refractivity contribution in [3.8, 4) is 0 Å². The van der Waals surface area contributed by atoms with Crippen molar-refractivity contribution < 1.29 is 24.5 Å². The van der Waals surface area contributed by atoms with Crippen molar-refractivity contribution in [3.63, 3.8) is 0 Å². The summed E-state index contributed by atoms with van der Waals surface area (Å²) >= 11 is 0.